The van der Waals surface area contributed by atoms with E-state index in [1.165, 1.54) is 45.4 Å². The van der Waals surface area contributed by atoms with Crippen LogP contribution >= 0.6 is 0 Å². The summed E-state index contributed by atoms with van der Waals surface area (Å²) in [7, 11) is 0. The summed E-state index contributed by atoms with van der Waals surface area (Å²) in [5.41, 5.74) is 0.421. The molecular formula is C18H36N2. The lowest BCUT2D eigenvalue weighted by atomic mass is 9.79. The van der Waals surface area contributed by atoms with Crippen LogP contribution in [0.4, 0.5) is 0 Å². The Hall–Kier alpha value is -0.0800. The van der Waals surface area contributed by atoms with Crippen LogP contribution in [0.5, 0.6) is 0 Å². The van der Waals surface area contributed by atoms with Crippen molar-refractivity contribution >= 4 is 0 Å². The Bertz CT molecular complexity index is 309. The molecule has 0 amide bonds. The topological polar surface area (TPSA) is 6.48 Å². The molecule has 0 aromatic heterocycles. The number of nitrogens with zero attached hydrogens (tertiary/aromatic N) is 2. The Morgan fingerprint density at radius 2 is 1.75 bits per heavy atom. The van der Waals surface area contributed by atoms with Crippen molar-refractivity contribution in [2.45, 2.75) is 72.9 Å². The van der Waals surface area contributed by atoms with E-state index in [-0.39, 0.29) is 0 Å². The van der Waals surface area contributed by atoms with Gasteiger partial charge in [-0.05, 0) is 36.6 Å². The van der Waals surface area contributed by atoms with Gasteiger partial charge in [-0.2, -0.15) is 0 Å². The predicted octanol–water partition coefficient (Wildman–Crippen LogP) is 3.86. The molecule has 2 heterocycles. The third kappa shape index (κ3) is 3.57. The number of piperazine rings is 1. The smallest absolute Gasteiger partial charge is 0.0247 e. The van der Waals surface area contributed by atoms with Gasteiger partial charge in [-0.1, -0.05) is 48.0 Å². The van der Waals surface area contributed by atoms with Crippen molar-refractivity contribution in [3.05, 3.63) is 0 Å². The van der Waals surface area contributed by atoms with Crippen LogP contribution in [0.2, 0.25) is 0 Å². The Labute approximate surface area is 126 Å². The summed E-state index contributed by atoms with van der Waals surface area (Å²) < 4.78 is 0. The number of piperidine rings is 1. The van der Waals surface area contributed by atoms with Crippen molar-refractivity contribution in [3.63, 3.8) is 0 Å². The Morgan fingerprint density at radius 1 is 1.05 bits per heavy atom. The van der Waals surface area contributed by atoms with Gasteiger partial charge in [-0.15, -0.1) is 0 Å². The highest BCUT2D eigenvalue weighted by Gasteiger charge is 2.38. The number of fused-ring (bicyclic) bond motifs is 1. The molecule has 0 aromatic carbocycles. The Morgan fingerprint density at radius 3 is 2.35 bits per heavy atom. The first-order valence-electron chi connectivity index (χ1n) is 8.79. The zero-order chi connectivity index (χ0) is 14.9. The number of hydrogen-bond acceptors (Lipinski definition) is 2. The standard InChI is InChI=1S/C18H36N2/c1-14(2)17-12-19-10-8-7-9-16(19)11-20(17)13-18(5,6)15(3)4/h14-17H,7-13H2,1-6H3. The fourth-order valence-corrected chi connectivity index (χ4v) is 3.79. The van der Waals surface area contributed by atoms with E-state index in [0.717, 1.165) is 23.9 Å². The van der Waals surface area contributed by atoms with Gasteiger partial charge >= 0.3 is 0 Å². The molecule has 118 valence electrons. The van der Waals surface area contributed by atoms with E-state index >= 15 is 0 Å². The van der Waals surface area contributed by atoms with Gasteiger partial charge in [-0.25, -0.2) is 0 Å². The molecule has 2 atom stereocenters. The molecule has 2 aliphatic heterocycles. The van der Waals surface area contributed by atoms with E-state index in [1.807, 2.05) is 0 Å². The molecule has 0 saturated carbocycles. The summed E-state index contributed by atoms with van der Waals surface area (Å²) in [6.45, 7) is 19.7. The van der Waals surface area contributed by atoms with E-state index in [9.17, 15) is 0 Å². The zero-order valence-corrected chi connectivity index (χ0v) is 14.7. The second-order valence-corrected chi connectivity index (χ2v) is 8.53. The number of hydrogen-bond donors (Lipinski definition) is 0. The van der Waals surface area contributed by atoms with Crippen molar-refractivity contribution in [2.75, 3.05) is 26.2 Å². The van der Waals surface area contributed by atoms with Gasteiger partial charge in [0.05, 0.1) is 0 Å². The molecule has 2 aliphatic rings. The summed E-state index contributed by atoms with van der Waals surface area (Å²) in [6, 6.07) is 1.59. The Balaban J connectivity index is 2.08. The molecular weight excluding hydrogens is 244 g/mol. The summed E-state index contributed by atoms with van der Waals surface area (Å²) in [6.07, 6.45) is 4.27. The fourth-order valence-electron chi connectivity index (χ4n) is 3.79. The maximum absolute atomic E-state index is 2.83. The van der Waals surface area contributed by atoms with Crippen LogP contribution < -0.4 is 0 Å². The number of rotatable bonds is 4. The first-order valence-corrected chi connectivity index (χ1v) is 8.79. The highest BCUT2D eigenvalue weighted by molar-refractivity contribution is 4.94. The van der Waals surface area contributed by atoms with Crippen molar-refractivity contribution in [1.82, 2.24) is 9.80 Å². The third-order valence-corrected chi connectivity index (χ3v) is 6.03. The summed E-state index contributed by atoms with van der Waals surface area (Å²) in [4.78, 5) is 5.62. The summed E-state index contributed by atoms with van der Waals surface area (Å²) in [5.74, 6) is 1.51. The fraction of sp³-hybridized carbons (Fsp3) is 1.00. The van der Waals surface area contributed by atoms with Crippen LogP contribution in [-0.4, -0.2) is 48.1 Å². The normalized spacial score (nSPS) is 30.0. The molecule has 2 fully saturated rings. The SMILES string of the molecule is CC(C)C1CN2CCCCC2CN1CC(C)(C)C(C)C. The van der Waals surface area contributed by atoms with Gasteiger partial charge in [0, 0.05) is 31.7 Å². The van der Waals surface area contributed by atoms with E-state index in [4.69, 9.17) is 0 Å². The molecule has 0 N–H and O–H groups in total. The molecule has 2 nitrogen and oxygen atoms in total. The minimum atomic E-state index is 0.421. The molecule has 20 heavy (non-hydrogen) atoms. The lowest BCUT2D eigenvalue weighted by Crippen LogP contribution is -2.62. The van der Waals surface area contributed by atoms with Gasteiger partial charge < -0.3 is 0 Å². The minimum Gasteiger partial charge on any atom is -0.298 e. The largest absolute Gasteiger partial charge is 0.298 e. The van der Waals surface area contributed by atoms with Crippen molar-refractivity contribution < 1.29 is 0 Å². The van der Waals surface area contributed by atoms with Gasteiger partial charge in [0.1, 0.15) is 0 Å². The van der Waals surface area contributed by atoms with Crippen LogP contribution in [-0.2, 0) is 0 Å². The zero-order valence-electron chi connectivity index (χ0n) is 14.7. The lowest BCUT2D eigenvalue weighted by Gasteiger charge is -2.52. The first kappa shape index (κ1) is 16.3. The van der Waals surface area contributed by atoms with Gasteiger partial charge in [-0.3, -0.25) is 9.80 Å². The third-order valence-electron chi connectivity index (χ3n) is 6.03. The average Bonchev–Trinajstić information content (AvgIpc) is 2.37. The van der Waals surface area contributed by atoms with Crippen LogP contribution in [0, 0.1) is 17.3 Å². The maximum Gasteiger partial charge on any atom is 0.0247 e. The molecule has 0 radical (unpaired) electrons. The van der Waals surface area contributed by atoms with Crippen molar-refractivity contribution in [2.24, 2.45) is 17.3 Å². The first-order chi connectivity index (χ1) is 9.31. The molecule has 0 aliphatic carbocycles. The van der Waals surface area contributed by atoms with Crippen LogP contribution in [0.25, 0.3) is 0 Å². The molecule has 2 rings (SSSR count). The van der Waals surface area contributed by atoms with Gasteiger partial charge in [0.25, 0.3) is 0 Å². The Kier molecular flexibility index (Phi) is 5.18. The van der Waals surface area contributed by atoms with Crippen molar-refractivity contribution in [1.29, 1.82) is 0 Å². The molecule has 2 unspecified atom stereocenters. The summed E-state index contributed by atoms with van der Waals surface area (Å²) >= 11 is 0. The molecule has 2 saturated heterocycles. The highest BCUT2D eigenvalue weighted by Crippen LogP contribution is 2.33. The van der Waals surface area contributed by atoms with Gasteiger partial charge in [0.15, 0.2) is 0 Å². The van der Waals surface area contributed by atoms with Crippen molar-refractivity contribution in [3.8, 4) is 0 Å². The quantitative estimate of drug-likeness (QED) is 0.771. The van der Waals surface area contributed by atoms with Crippen LogP contribution in [0.15, 0.2) is 0 Å². The van der Waals surface area contributed by atoms with Crippen LogP contribution in [0.1, 0.15) is 60.8 Å². The van der Waals surface area contributed by atoms with E-state index in [2.05, 4.69) is 51.3 Å². The molecule has 2 heteroatoms. The second kappa shape index (κ2) is 6.36. The van der Waals surface area contributed by atoms with E-state index < -0.39 is 0 Å². The minimum absolute atomic E-state index is 0.421. The highest BCUT2D eigenvalue weighted by atomic mass is 15.3. The van der Waals surface area contributed by atoms with E-state index in [1.54, 1.807) is 0 Å². The van der Waals surface area contributed by atoms with Crippen LogP contribution in [0.3, 0.4) is 0 Å². The van der Waals surface area contributed by atoms with Gasteiger partial charge in [0.2, 0.25) is 0 Å². The molecule has 0 spiro atoms. The summed E-state index contributed by atoms with van der Waals surface area (Å²) in [5, 5.41) is 0. The molecule has 0 bridgehead atoms. The maximum atomic E-state index is 2.83. The molecule has 0 aromatic rings. The predicted molar refractivity (Wildman–Crippen MR) is 88.0 cm³/mol. The van der Waals surface area contributed by atoms with E-state index in [0.29, 0.717) is 5.41 Å². The average molecular weight is 280 g/mol. The monoisotopic (exact) mass is 280 g/mol. The lowest BCUT2D eigenvalue weighted by molar-refractivity contribution is -0.0297. The second-order valence-electron chi connectivity index (χ2n) is 8.53.